The van der Waals surface area contributed by atoms with Crippen molar-refractivity contribution in [3.05, 3.63) is 29.3 Å². The Morgan fingerprint density at radius 2 is 2.18 bits per heavy atom. The minimum atomic E-state index is -3.08. The van der Waals surface area contributed by atoms with Crippen molar-refractivity contribution < 1.29 is 27.5 Å². The molecule has 1 N–H and O–H groups in total. The number of nitrogens with zero attached hydrogens (tertiary/aromatic N) is 1. The fourth-order valence-corrected chi connectivity index (χ4v) is 5.52. The summed E-state index contributed by atoms with van der Waals surface area (Å²) in [7, 11) is -1.78. The molecule has 0 bridgehead atoms. The maximum absolute atomic E-state index is 12.7. The Balaban J connectivity index is 1.69. The van der Waals surface area contributed by atoms with Crippen molar-refractivity contribution in [2.75, 3.05) is 38.3 Å². The zero-order valence-corrected chi connectivity index (χ0v) is 17.0. The summed E-state index contributed by atoms with van der Waals surface area (Å²) in [6.45, 7) is 2.77. The molecule has 3 rings (SSSR count). The summed E-state index contributed by atoms with van der Waals surface area (Å²) < 4.78 is 33.8. The number of benzene rings is 1. The summed E-state index contributed by atoms with van der Waals surface area (Å²) >= 11 is 0. The monoisotopic (exact) mass is 410 g/mol. The first-order valence-corrected chi connectivity index (χ1v) is 11.2. The van der Waals surface area contributed by atoms with Gasteiger partial charge in [-0.05, 0) is 36.6 Å². The predicted octanol–water partition coefficient (Wildman–Crippen LogP) is 0.461. The number of methoxy groups -OCH3 is 1. The Morgan fingerprint density at radius 1 is 1.39 bits per heavy atom. The fourth-order valence-electron chi connectivity index (χ4n) is 3.79. The number of nitrogens with one attached hydrogen (secondary N) is 1. The molecule has 0 radical (unpaired) electrons. The molecular weight excluding hydrogens is 384 g/mol. The highest BCUT2D eigenvalue weighted by molar-refractivity contribution is 7.91. The average molecular weight is 410 g/mol. The molecule has 2 aliphatic rings. The van der Waals surface area contributed by atoms with Crippen molar-refractivity contribution in [2.45, 2.75) is 31.8 Å². The number of sulfone groups is 1. The average Bonchev–Trinajstić information content (AvgIpc) is 3.27. The van der Waals surface area contributed by atoms with Crippen LogP contribution in [0, 0.1) is 0 Å². The van der Waals surface area contributed by atoms with E-state index < -0.39 is 21.8 Å². The minimum Gasteiger partial charge on any atom is -0.493 e. The Kier molecular flexibility index (Phi) is 6.24. The molecule has 28 heavy (non-hydrogen) atoms. The molecule has 2 atom stereocenters. The molecule has 1 aromatic carbocycles. The molecular formula is C19H26N2O6S. The van der Waals surface area contributed by atoms with Crippen LogP contribution in [0.5, 0.6) is 5.75 Å². The van der Waals surface area contributed by atoms with Crippen LogP contribution in [0.2, 0.25) is 0 Å². The number of carbonyl (C=O) groups excluding carboxylic acids is 2. The molecule has 0 unspecified atom stereocenters. The number of fused-ring (bicyclic) bond motifs is 1. The van der Waals surface area contributed by atoms with Crippen LogP contribution < -0.4 is 10.1 Å². The molecule has 8 nitrogen and oxygen atoms in total. The first-order chi connectivity index (χ1) is 13.3. The van der Waals surface area contributed by atoms with Gasteiger partial charge in [-0.2, -0.15) is 0 Å². The second-order valence-corrected chi connectivity index (χ2v) is 9.27. The molecule has 0 spiro atoms. The Bertz CT molecular complexity index is 854. The van der Waals surface area contributed by atoms with Gasteiger partial charge in [0, 0.05) is 19.0 Å². The van der Waals surface area contributed by atoms with Gasteiger partial charge in [0.05, 0.1) is 31.8 Å². The van der Waals surface area contributed by atoms with Gasteiger partial charge in [-0.1, -0.05) is 6.07 Å². The second kappa shape index (κ2) is 8.48. The molecule has 9 heteroatoms. The second-order valence-electron chi connectivity index (χ2n) is 7.04. The van der Waals surface area contributed by atoms with E-state index in [4.69, 9.17) is 9.47 Å². The largest absolute Gasteiger partial charge is 0.493 e. The molecule has 1 saturated heterocycles. The number of likely N-dealkylation sites (N-methyl/N-ethyl adjacent to an activating group) is 1. The SMILES string of the molecule is CCN(C(=O)CN[C@H](C(=O)OC)c1ccc2c(c1)CCO2)[C@H]1CCS(=O)(=O)C1. The van der Waals surface area contributed by atoms with Crippen LogP contribution in [0.1, 0.15) is 30.5 Å². The topological polar surface area (TPSA) is 102 Å². The molecule has 2 aliphatic heterocycles. The lowest BCUT2D eigenvalue weighted by Crippen LogP contribution is -2.46. The zero-order chi connectivity index (χ0) is 20.3. The van der Waals surface area contributed by atoms with E-state index in [1.807, 2.05) is 19.1 Å². The first-order valence-electron chi connectivity index (χ1n) is 9.41. The first kappa shape index (κ1) is 20.6. The summed E-state index contributed by atoms with van der Waals surface area (Å²) in [5.41, 5.74) is 1.72. The van der Waals surface area contributed by atoms with Crippen molar-refractivity contribution in [1.29, 1.82) is 0 Å². The highest BCUT2D eigenvalue weighted by Gasteiger charge is 2.34. The fraction of sp³-hybridized carbons (Fsp3) is 0.579. The van der Waals surface area contributed by atoms with Gasteiger partial charge in [0.15, 0.2) is 9.84 Å². The van der Waals surface area contributed by atoms with E-state index in [1.165, 1.54) is 7.11 Å². The molecule has 1 fully saturated rings. The third-order valence-corrected chi connectivity index (χ3v) is 7.00. The van der Waals surface area contributed by atoms with Crippen molar-refractivity contribution in [2.24, 2.45) is 0 Å². The van der Waals surface area contributed by atoms with Gasteiger partial charge >= 0.3 is 5.97 Å². The number of hydrogen-bond donors (Lipinski definition) is 1. The van der Waals surface area contributed by atoms with Crippen molar-refractivity contribution in [3.63, 3.8) is 0 Å². The molecule has 1 amide bonds. The van der Waals surface area contributed by atoms with E-state index in [0.29, 0.717) is 25.1 Å². The minimum absolute atomic E-state index is 0.00215. The van der Waals surface area contributed by atoms with Crippen LogP contribution in [0.15, 0.2) is 18.2 Å². The van der Waals surface area contributed by atoms with E-state index in [-0.39, 0.29) is 30.0 Å². The summed E-state index contributed by atoms with van der Waals surface area (Å²) in [6.07, 6.45) is 1.23. The van der Waals surface area contributed by atoms with Gasteiger partial charge in [0.2, 0.25) is 5.91 Å². The lowest BCUT2D eigenvalue weighted by atomic mass is 10.0. The number of esters is 1. The van der Waals surface area contributed by atoms with E-state index >= 15 is 0 Å². The van der Waals surface area contributed by atoms with Crippen molar-refractivity contribution in [3.8, 4) is 5.75 Å². The quantitative estimate of drug-likeness (QED) is 0.652. The summed E-state index contributed by atoms with van der Waals surface area (Å²) in [4.78, 5) is 26.6. The van der Waals surface area contributed by atoms with Crippen LogP contribution in [0.25, 0.3) is 0 Å². The van der Waals surface area contributed by atoms with Gasteiger partial charge in [-0.3, -0.25) is 10.1 Å². The van der Waals surface area contributed by atoms with Gasteiger partial charge < -0.3 is 14.4 Å². The lowest BCUT2D eigenvalue weighted by molar-refractivity contribution is -0.143. The van der Waals surface area contributed by atoms with Crippen LogP contribution in [-0.2, 0) is 30.6 Å². The zero-order valence-electron chi connectivity index (χ0n) is 16.1. The van der Waals surface area contributed by atoms with E-state index in [9.17, 15) is 18.0 Å². The predicted molar refractivity (Wildman–Crippen MR) is 103 cm³/mol. The highest BCUT2D eigenvalue weighted by Crippen LogP contribution is 2.28. The number of amides is 1. The highest BCUT2D eigenvalue weighted by atomic mass is 32.2. The molecule has 0 saturated carbocycles. The lowest BCUT2D eigenvalue weighted by Gasteiger charge is -2.28. The Morgan fingerprint density at radius 3 is 2.82 bits per heavy atom. The van der Waals surface area contributed by atoms with Crippen LogP contribution in [0.3, 0.4) is 0 Å². The number of carbonyl (C=O) groups is 2. The van der Waals surface area contributed by atoms with Gasteiger partial charge in [0.25, 0.3) is 0 Å². The van der Waals surface area contributed by atoms with Crippen molar-refractivity contribution >= 4 is 21.7 Å². The number of ether oxygens (including phenoxy) is 2. The van der Waals surface area contributed by atoms with Gasteiger partial charge in [0.1, 0.15) is 11.8 Å². The smallest absolute Gasteiger partial charge is 0.327 e. The standard InChI is InChI=1S/C19H26N2O6S/c1-3-21(15-7-9-28(24,25)12-15)17(22)11-20-18(19(23)26-2)14-4-5-16-13(10-14)6-8-27-16/h4-5,10,15,18,20H,3,6-9,11-12H2,1-2H3/t15-,18-/m0/s1. The molecule has 154 valence electrons. The number of hydrogen-bond acceptors (Lipinski definition) is 7. The van der Waals surface area contributed by atoms with Crippen LogP contribution in [0.4, 0.5) is 0 Å². The number of rotatable bonds is 7. The maximum Gasteiger partial charge on any atom is 0.327 e. The summed E-state index contributed by atoms with van der Waals surface area (Å²) in [5.74, 6) is 0.193. The maximum atomic E-state index is 12.7. The molecule has 0 aromatic heterocycles. The molecule has 1 aromatic rings. The van der Waals surface area contributed by atoms with Gasteiger partial charge in [-0.25, -0.2) is 13.2 Å². The molecule has 2 heterocycles. The van der Waals surface area contributed by atoms with Crippen LogP contribution >= 0.6 is 0 Å². The summed E-state index contributed by atoms with van der Waals surface area (Å²) in [5, 5.41) is 2.98. The van der Waals surface area contributed by atoms with E-state index in [1.54, 1.807) is 11.0 Å². The normalized spacial score (nSPS) is 20.9. The molecule has 0 aliphatic carbocycles. The third-order valence-electron chi connectivity index (χ3n) is 5.25. The van der Waals surface area contributed by atoms with Gasteiger partial charge in [-0.15, -0.1) is 0 Å². The van der Waals surface area contributed by atoms with Crippen molar-refractivity contribution in [1.82, 2.24) is 10.2 Å². The summed E-state index contributed by atoms with van der Waals surface area (Å²) in [6, 6.07) is 4.40. The third kappa shape index (κ3) is 4.47. The van der Waals surface area contributed by atoms with E-state index in [0.717, 1.165) is 17.7 Å². The Labute approximate surface area is 165 Å². The Hall–Kier alpha value is -2.13. The van der Waals surface area contributed by atoms with E-state index in [2.05, 4.69) is 5.32 Å². The van der Waals surface area contributed by atoms with Crippen LogP contribution in [-0.4, -0.2) is 69.5 Å².